The quantitative estimate of drug-likeness (QED) is 0.422. The molecule has 0 fully saturated rings. The van der Waals surface area contributed by atoms with E-state index in [9.17, 15) is 0 Å². The minimum atomic E-state index is 2.00. The van der Waals surface area contributed by atoms with E-state index in [2.05, 4.69) is 0 Å². The van der Waals surface area contributed by atoms with Crippen LogP contribution in [0.25, 0.3) is 0 Å². The lowest BCUT2D eigenvalue weighted by Crippen LogP contribution is -1.26. The van der Waals surface area contributed by atoms with Crippen molar-refractivity contribution in [2.75, 3.05) is 0 Å². The molecule has 0 heterocycles. The number of allylic oxidation sites excluding steroid dienone is 4. The number of hydrogen-bond acceptors (Lipinski definition) is 0. The van der Waals surface area contributed by atoms with Crippen molar-refractivity contribution in [3.63, 3.8) is 0 Å². The van der Waals surface area contributed by atoms with Crippen LogP contribution in [-0.4, -0.2) is 0 Å². The molecule has 0 aliphatic rings. The highest BCUT2D eigenvalue weighted by Gasteiger charge is 1.34. The van der Waals surface area contributed by atoms with Gasteiger partial charge in [-0.3, -0.25) is 0 Å². The Balaban J connectivity index is 0. The molecule has 0 aliphatic heterocycles. The molecule has 0 nitrogen and oxygen atoms in total. The maximum atomic E-state index is 2.00. The van der Waals surface area contributed by atoms with E-state index in [0.29, 0.717) is 0 Å². The van der Waals surface area contributed by atoms with Gasteiger partial charge in [0.2, 0.25) is 0 Å². The molecule has 0 saturated carbocycles. The molecule has 0 spiro atoms. The van der Waals surface area contributed by atoms with Gasteiger partial charge >= 0.3 is 0 Å². The number of hydrogen-bond donors (Lipinski definition) is 0. The van der Waals surface area contributed by atoms with Crippen LogP contribution in [0.5, 0.6) is 0 Å². The summed E-state index contributed by atoms with van der Waals surface area (Å²) in [5.41, 5.74) is 0. The Hall–Kier alpha value is -0.520. The Morgan fingerprint density at radius 2 is 0.625 bits per heavy atom. The zero-order valence-electron chi connectivity index (χ0n) is 6.31. The SMILES string of the molecule is C/C=C\C.CC=CC. The molecular weight excluding hydrogens is 96.1 g/mol. The van der Waals surface area contributed by atoms with Gasteiger partial charge in [-0.25, -0.2) is 0 Å². The van der Waals surface area contributed by atoms with Gasteiger partial charge in [-0.1, -0.05) is 24.3 Å². The molecule has 0 aliphatic carbocycles. The molecule has 0 aromatic carbocycles. The van der Waals surface area contributed by atoms with Crippen molar-refractivity contribution in [3.8, 4) is 0 Å². The van der Waals surface area contributed by atoms with E-state index in [1.54, 1.807) is 0 Å². The minimum Gasteiger partial charge on any atom is -0.0919 e. The van der Waals surface area contributed by atoms with Gasteiger partial charge in [-0.15, -0.1) is 0 Å². The van der Waals surface area contributed by atoms with E-state index in [1.807, 2.05) is 52.0 Å². The van der Waals surface area contributed by atoms with Crippen LogP contribution >= 0.6 is 0 Å². The van der Waals surface area contributed by atoms with Crippen molar-refractivity contribution in [2.45, 2.75) is 27.7 Å². The fraction of sp³-hybridized carbons (Fsp3) is 0.500. The van der Waals surface area contributed by atoms with Crippen LogP contribution in [0.15, 0.2) is 24.3 Å². The second kappa shape index (κ2) is 16.1. The third kappa shape index (κ3) is 50.2. The fourth-order valence-corrected chi connectivity index (χ4v) is 0. The van der Waals surface area contributed by atoms with Crippen molar-refractivity contribution in [1.29, 1.82) is 0 Å². The molecule has 8 heavy (non-hydrogen) atoms. The third-order valence-corrected chi connectivity index (χ3v) is 0.667. The lowest BCUT2D eigenvalue weighted by molar-refractivity contribution is 1.64. The molecular formula is C8H16. The molecule has 48 valence electrons. The van der Waals surface area contributed by atoms with Gasteiger partial charge in [0.1, 0.15) is 0 Å². The molecule has 0 aromatic rings. The van der Waals surface area contributed by atoms with Gasteiger partial charge in [0.25, 0.3) is 0 Å². The fourth-order valence-electron chi connectivity index (χ4n) is 0. The van der Waals surface area contributed by atoms with E-state index >= 15 is 0 Å². The zero-order valence-corrected chi connectivity index (χ0v) is 6.31. The standard InChI is InChI=1S/2C4H8/c2*1-3-4-2/h2*3-4H,1-2H3/b4-3-;. The van der Waals surface area contributed by atoms with E-state index < -0.39 is 0 Å². The van der Waals surface area contributed by atoms with Crippen LogP contribution in [-0.2, 0) is 0 Å². The Morgan fingerprint density at radius 1 is 0.500 bits per heavy atom. The lowest BCUT2D eigenvalue weighted by atomic mass is 10.6. The molecule has 0 bridgehead atoms. The molecule has 0 N–H and O–H groups in total. The molecule has 0 saturated heterocycles. The van der Waals surface area contributed by atoms with Gasteiger partial charge in [0.15, 0.2) is 0 Å². The van der Waals surface area contributed by atoms with Crippen LogP contribution in [0.2, 0.25) is 0 Å². The highest BCUT2D eigenvalue weighted by atomic mass is 13.4. The van der Waals surface area contributed by atoms with Gasteiger partial charge in [-0.05, 0) is 27.7 Å². The Bertz CT molecular complexity index is 40.4. The summed E-state index contributed by atoms with van der Waals surface area (Å²) in [7, 11) is 0. The van der Waals surface area contributed by atoms with E-state index in [0.717, 1.165) is 0 Å². The van der Waals surface area contributed by atoms with Gasteiger partial charge in [0.05, 0.1) is 0 Å². The number of rotatable bonds is 0. The van der Waals surface area contributed by atoms with Gasteiger partial charge in [-0.2, -0.15) is 0 Å². The monoisotopic (exact) mass is 112 g/mol. The summed E-state index contributed by atoms with van der Waals surface area (Å²) in [4.78, 5) is 0. The van der Waals surface area contributed by atoms with Crippen LogP contribution in [0.3, 0.4) is 0 Å². The minimum absolute atomic E-state index is 2.00. The Kier molecular flexibility index (Phi) is 21.0. The van der Waals surface area contributed by atoms with Crippen molar-refractivity contribution in [3.05, 3.63) is 24.3 Å². The molecule has 0 rings (SSSR count). The third-order valence-electron chi connectivity index (χ3n) is 0.667. The average molecular weight is 112 g/mol. The van der Waals surface area contributed by atoms with E-state index in [1.165, 1.54) is 0 Å². The van der Waals surface area contributed by atoms with Crippen molar-refractivity contribution in [1.82, 2.24) is 0 Å². The summed E-state index contributed by atoms with van der Waals surface area (Å²) >= 11 is 0. The summed E-state index contributed by atoms with van der Waals surface area (Å²) in [5, 5.41) is 0. The largest absolute Gasteiger partial charge is 0.0919 e. The maximum Gasteiger partial charge on any atom is -0.0470 e. The highest BCUT2D eigenvalue weighted by molar-refractivity contribution is 4.68. The van der Waals surface area contributed by atoms with E-state index in [-0.39, 0.29) is 0 Å². The van der Waals surface area contributed by atoms with Crippen LogP contribution in [0.1, 0.15) is 27.7 Å². The topological polar surface area (TPSA) is 0 Å². The zero-order chi connectivity index (χ0) is 6.83. The second-order valence-electron chi connectivity index (χ2n) is 1.33. The Morgan fingerprint density at radius 3 is 0.625 bits per heavy atom. The van der Waals surface area contributed by atoms with Crippen LogP contribution < -0.4 is 0 Å². The van der Waals surface area contributed by atoms with E-state index in [4.69, 9.17) is 0 Å². The summed E-state index contributed by atoms with van der Waals surface area (Å²) in [5.74, 6) is 0. The molecule has 0 radical (unpaired) electrons. The summed E-state index contributed by atoms with van der Waals surface area (Å²) in [6.07, 6.45) is 8.00. The van der Waals surface area contributed by atoms with Crippen LogP contribution in [0.4, 0.5) is 0 Å². The molecule has 0 heteroatoms. The average Bonchev–Trinajstić information content (AvgIpc) is 1.88. The first-order valence-corrected chi connectivity index (χ1v) is 2.98. The second-order valence-corrected chi connectivity index (χ2v) is 1.33. The first-order valence-electron chi connectivity index (χ1n) is 2.98. The normalized spacial score (nSPS) is 9.50. The predicted molar refractivity (Wildman–Crippen MR) is 41.0 cm³/mol. The molecule has 0 unspecified atom stereocenters. The molecule has 0 amide bonds. The first kappa shape index (κ1) is 10.5. The first-order chi connectivity index (χ1) is 3.83. The van der Waals surface area contributed by atoms with Crippen molar-refractivity contribution in [2.24, 2.45) is 0 Å². The van der Waals surface area contributed by atoms with Gasteiger partial charge in [0, 0.05) is 0 Å². The lowest BCUT2D eigenvalue weighted by Gasteiger charge is -1.49. The van der Waals surface area contributed by atoms with Gasteiger partial charge < -0.3 is 0 Å². The van der Waals surface area contributed by atoms with Crippen LogP contribution in [0, 0.1) is 0 Å². The van der Waals surface area contributed by atoms with Crippen molar-refractivity contribution < 1.29 is 0 Å². The summed E-state index contributed by atoms with van der Waals surface area (Å²) in [6, 6.07) is 0. The highest BCUT2D eigenvalue weighted by Crippen LogP contribution is 1.57. The van der Waals surface area contributed by atoms with Crippen molar-refractivity contribution >= 4 is 0 Å². The molecule has 0 atom stereocenters. The summed E-state index contributed by atoms with van der Waals surface area (Å²) < 4.78 is 0. The smallest absolute Gasteiger partial charge is 0.0470 e. The molecule has 0 aromatic heterocycles. The maximum absolute atomic E-state index is 2.00. The summed E-state index contributed by atoms with van der Waals surface area (Å²) in [6.45, 7) is 8.00. The Labute approximate surface area is 52.9 Å². The predicted octanol–water partition coefficient (Wildman–Crippen LogP) is 3.16.